The number of carbonyl (C=O) groups excluding carboxylic acids is 1. The molecule has 2 aliphatic rings. The summed E-state index contributed by atoms with van der Waals surface area (Å²) in [5, 5.41) is 8.06. The van der Waals surface area contributed by atoms with E-state index in [0.29, 0.717) is 19.5 Å². The zero-order valence-corrected chi connectivity index (χ0v) is 18.4. The smallest absolute Gasteiger partial charge is 0.238 e. The van der Waals surface area contributed by atoms with Crippen molar-refractivity contribution in [3.63, 3.8) is 0 Å². The molecule has 8 nitrogen and oxygen atoms in total. The Balaban J connectivity index is 1.28. The van der Waals surface area contributed by atoms with Crippen LogP contribution in [0.1, 0.15) is 24.8 Å². The van der Waals surface area contributed by atoms with Gasteiger partial charge in [-0.2, -0.15) is 0 Å². The number of nitrogens with zero attached hydrogens (tertiary/aromatic N) is 2. The van der Waals surface area contributed by atoms with E-state index in [9.17, 15) is 13.2 Å². The number of nitrogens with two attached hydrogens (primary N) is 1. The summed E-state index contributed by atoms with van der Waals surface area (Å²) in [6.07, 6.45) is 4.21. The van der Waals surface area contributed by atoms with E-state index in [1.807, 2.05) is 0 Å². The number of benzene rings is 1. The summed E-state index contributed by atoms with van der Waals surface area (Å²) >= 11 is 0. The molecule has 0 aromatic heterocycles. The molecule has 1 aromatic rings. The van der Waals surface area contributed by atoms with Gasteiger partial charge < -0.3 is 10.1 Å². The molecule has 1 amide bonds. The van der Waals surface area contributed by atoms with Crippen LogP contribution in [-0.2, 0) is 26.0 Å². The van der Waals surface area contributed by atoms with Crippen LogP contribution < -0.4 is 10.5 Å². The van der Waals surface area contributed by atoms with Gasteiger partial charge in [0, 0.05) is 19.6 Å². The zero-order valence-electron chi connectivity index (χ0n) is 17.6. The minimum Gasteiger partial charge on any atom is -0.379 e. The predicted molar refractivity (Wildman–Crippen MR) is 116 cm³/mol. The lowest BCUT2D eigenvalue weighted by atomic mass is 9.93. The topological polar surface area (TPSA) is 105 Å². The molecule has 2 fully saturated rings. The minimum absolute atomic E-state index is 0.0444. The molecule has 3 N–H and O–H groups in total. The van der Waals surface area contributed by atoms with Crippen LogP contribution in [0, 0.1) is 5.92 Å². The first-order chi connectivity index (χ1) is 14.4. The number of sulfonamides is 1. The molecule has 2 saturated heterocycles. The third-order valence-electron chi connectivity index (χ3n) is 6.02. The fraction of sp³-hybridized carbons (Fsp3) is 0.667. The number of morpholine rings is 1. The van der Waals surface area contributed by atoms with Crippen LogP contribution in [0.3, 0.4) is 0 Å². The Morgan fingerprint density at radius 2 is 1.73 bits per heavy atom. The molecule has 2 heterocycles. The van der Waals surface area contributed by atoms with E-state index >= 15 is 0 Å². The van der Waals surface area contributed by atoms with Crippen LogP contribution in [0.15, 0.2) is 29.2 Å². The number of ether oxygens (including phenoxy) is 1. The number of primary sulfonamides is 1. The van der Waals surface area contributed by atoms with Crippen LogP contribution >= 0.6 is 0 Å². The highest BCUT2D eigenvalue weighted by molar-refractivity contribution is 7.89. The second kappa shape index (κ2) is 11.2. The van der Waals surface area contributed by atoms with Crippen molar-refractivity contribution >= 4 is 15.9 Å². The summed E-state index contributed by atoms with van der Waals surface area (Å²) in [4.78, 5) is 17.1. The van der Waals surface area contributed by atoms with Gasteiger partial charge in [-0.15, -0.1) is 0 Å². The second-order valence-corrected chi connectivity index (χ2v) is 9.81. The SMILES string of the molecule is NS(=O)(=O)c1ccc(CCNC(=O)CN2CCC(CCN3CCOCC3)CC2)cc1. The summed E-state index contributed by atoms with van der Waals surface area (Å²) in [6.45, 7) is 7.91. The number of amides is 1. The van der Waals surface area contributed by atoms with E-state index in [0.717, 1.165) is 70.3 Å². The predicted octanol–water partition coefficient (Wildman–Crippen LogP) is 0.427. The largest absolute Gasteiger partial charge is 0.379 e. The fourth-order valence-corrected chi connectivity index (χ4v) is 4.59. The van der Waals surface area contributed by atoms with Crippen LogP contribution in [0.5, 0.6) is 0 Å². The molecule has 0 atom stereocenters. The Hall–Kier alpha value is -1.52. The van der Waals surface area contributed by atoms with Crippen molar-refractivity contribution in [3.05, 3.63) is 29.8 Å². The van der Waals surface area contributed by atoms with Crippen LogP contribution in [0.2, 0.25) is 0 Å². The van der Waals surface area contributed by atoms with Gasteiger partial charge in [-0.1, -0.05) is 12.1 Å². The Labute approximate surface area is 179 Å². The monoisotopic (exact) mass is 438 g/mol. The van der Waals surface area contributed by atoms with E-state index < -0.39 is 10.0 Å². The highest BCUT2D eigenvalue weighted by atomic mass is 32.2. The Kier molecular flexibility index (Phi) is 8.64. The van der Waals surface area contributed by atoms with Crippen molar-refractivity contribution in [1.82, 2.24) is 15.1 Å². The molecular formula is C21H34N4O4S. The van der Waals surface area contributed by atoms with Crippen molar-refractivity contribution in [2.24, 2.45) is 11.1 Å². The lowest BCUT2D eigenvalue weighted by Gasteiger charge is -2.33. The van der Waals surface area contributed by atoms with E-state index in [-0.39, 0.29) is 10.8 Å². The summed E-state index contributed by atoms with van der Waals surface area (Å²) in [6, 6.07) is 6.45. The molecule has 30 heavy (non-hydrogen) atoms. The highest BCUT2D eigenvalue weighted by Gasteiger charge is 2.21. The standard InChI is InChI=1S/C21H34N4O4S/c22-30(27,28)20-3-1-18(2-4-20)5-9-23-21(26)17-25-11-7-19(8-12-25)6-10-24-13-15-29-16-14-24/h1-4,19H,5-17H2,(H,23,26)(H2,22,27,28). The lowest BCUT2D eigenvalue weighted by molar-refractivity contribution is -0.122. The summed E-state index contributed by atoms with van der Waals surface area (Å²) in [7, 11) is -3.67. The number of piperidine rings is 1. The fourth-order valence-electron chi connectivity index (χ4n) is 4.07. The Morgan fingerprint density at radius 3 is 2.37 bits per heavy atom. The minimum atomic E-state index is -3.67. The average molecular weight is 439 g/mol. The Bertz CT molecular complexity index is 771. The van der Waals surface area contributed by atoms with Gasteiger partial charge in [-0.05, 0) is 68.9 Å². The molecule has 0 aliphatic carbocycles. The molecule has 2 aliphatic heterocycles. The summed E-state index contributed by atoms with van der Waals surface area (Å²) in [5.41, 5.74) is 0.962. The van der Waals surface area contributed by atoms with Gasteiger partial charge in [0.25, 0.3) is 0 Å². The third-order valence-corrected chi connectivity index (χ3v) is 6.95. The van der Waals surface area contributed by atoms with Crippen LogP contribution in [0.4, 0.5) is 0 Å². The molecule has 1 aromatic carbocycles. The molecule has 0 saturated carbocycles. The summed E-state index contributed by atoms with van der Waals surface area (Å²) < 4.78 is 28.0. The van der Waals surface area contributed by atoms with Crippen molar-refractivity contribution in [2.45, 2.75) is 30.6 Å². The number of nitrogens with one attached hydrogen (secondary N) is 1. The lowest BCUT2D eigenvalue weighted by Crippen LogP contribution is -2.42. The van der Waals surface area contributed by atoms with Crippen molar-refractivity contribution < 1.29 is 17.9 Å². The van der Waals surface area contributed by atoms with Crippen molar-refractivity contribution in [2.75, 3.05) is 59.0 Å². The molecule has 168 valence electrons. The van der Waals surface area contributed by atoms with Gasteiger partial charge >= 0.3 is 0 Å². The van der Waals surface area contributed by atoms with Crippen molar-refractivity contribution in [1.29, 1.82) is 0 Å². The van der Waals surface area contributed by atoms with E-state index in [1.54, 1.807) is 12.1 Å². The van der Waals surface area contributed by atoms with E-state index in [1.165, 1.54) is 18.6 Å². The van der Waals surface area contributed by atoms with Crippen LogP contribution in [-0.4, -0.2) is 83.2 Å². The molecule has 0 radical (unpaired) electrons. The maximum atomic E-state index is 12.2. The first kappa shape index (κ1) is 23.1. The number of carbonyl (C=O) groups is 1. The van der Waals surface area contributed by atoms with Crippen LogP contribution in [0.25, 0.3) is 0 Å². The highest BCUT2D eigenvalue weighted by Crippen LogP contribution is 2.21. The van der Waals surface area contributed by atoms with Gasteiger partial charge in [-0.3, -0.25) is 14.6 Å². The van der Waals surface area contributed by atoms with Gasteiger partial charge in [0.05, 0.1) is 24.7 Å². The maximum Gasteiger partial charge on any atom is 0.238 e. The number of hydrogen-bond acceptors (Lipinski definition) is 6. The van der Waals surface area contributed by atoms with Gasteiger partial charge in [0.2, 0.25) is 15.9 Å². The van der Waals surface area contributed by atoms with E-state index in [2.05, 4.69) is 15.1 Å². The Morgan fingerprint density at radius 1 is 1.07 bits per heavy atom. The van der Waals surface area contributed by atoms with Crippen molar-refractivity contribution in [3.8, 4) is 0 Å². The molecule has 0 bridgehead atoms. The summed E-state index contributed by atoms with van der Waals surface area (Å²) in [5.74, 6) is 0.801. The second-order valence-electron chi connectivity index (χ2n) is 8.25. The molecule has 9 heteroatoms. The van der Waals surface area contributed by atoms with Gasteiger partial charge in [0.15, 0.2) is 0 Å². The molecule has 3 rings (SSSR count). The third kappa shape index (κ3) is 7.63. The maximum absolute atomic E-state index is 12.2. The number of hydrogen-bond donors (Lipinski definition) is 2. The molecule has 0 spiro atoms. The number of rotatable bonds is 9. The van der Waals surface area contributed by atoms with Gasteiger partial charge in [0.1, 0.15) is 0 Å². The normalized spacial score (nSPS) is 19.6. The molecular weight excluding hydrogens is 404 g/mol. The first-order valence-corrected chi connectivity index (χ1v) is 12.4. The van der Waals surface area contributed by atoms with Gasteiger partial charge in [-0.25, -0.2) is 13.6 Å². The molecule has 0 unspecified atom stereocenters. The number of likely N-dealkylation sites (tertiary alicyclic amines) is 1. The average Bonchev–Trinajstić information content (AvgIpc) is 2.74. The van der Waals surface area contributed by atoms with E-state index in [4.69, 9.17) is 9.88 Å². The zero-order chi connectivity index (χ0) is 21.4. The first-order valence-electron chi connectivity index (χ1n) is 10.8. The quantitative estimate of drug-likeness (QED) is 0.579.